The van der Waals surface area contributed by atoms with Gasteiger partial charge in [0.15, 0.2) is 0 Å². The minimum absolute atomic E-state index is 0.0298. The fourth-order valence-electron chi connectivity index (χ4n) is 3.32. The molecular weight excluding hydrogens is 378 g/mol. The second-order valence-corrected chi connectivity index (χ2v) is 7.77. The van der Waals surface area contributed by atoms with Crippen LogP contribution in [0.3, 0.4) is 0 Å². The van der Waals surface area contributed by atoms with E-state index in [9.17, 15) is 9.59 Å². The summed E-state index contributed by atoms with van der Waals surface area (Å²) in [6.07, 6.45) is 4.60. The number of thiophene rings is 1. The van der Waals surface area contributed by atoms with E-state index in [1.165, 1.54) is 12.5 Å². The van der Waals surface area contributed by atoms with Crippen LogP contribution in [0.5, 0.6) is 0 Å². The van der Waals surface area contributed by atoms with Gasteiger partial charge < -0.3 is 19.1 Å². The predicted octanol–water partition coefficient (Wildman–Crippen LogP) is 3.27. The van der Waals surface area contributed by atoms with Crippen molar-refractivity contribution in [1.29, 1.82) is 0 Å². The van der Waals surface area contributed by atoms with Gasteiger partial charge in [-0.05, 0) is 37.3 Å². The third-order valence-corrected chi connectivity index (χ3v) is 5.73. The van der Waals surface area contributed by atoms with Gasteiger partial charge in [0.25, 0.3) is 5.91 Å². The topological polar surface area (TPSA) is 88.6 Å². The van der Waals surface area contributed by atoms with E-state index in [1.807, 2.05) is 24.4 Å². The van der Waals surface area contributed by atoms with Gasteiger partial charge in [0, 0.05) is 19.1 Å². The minimum Gasteiger partial charge on any atom is -0.472 e. The first kappa shape index (κ1) is 18.5. The zero-order valence-electron chi connectivity index (χ0n) is 15.5. The zero-order chi connectivity index (χ0) is 19.5. The summed E-state index contributed by atoms with van der Waals surface area (Å²) in [5.41, 5.74) is 1.22. The Hall–Kier alpha value is -2.87. The Morgan fingerprint density at radius 1 is 1.32 bits per heavy atom. The van der Waals surface area contributed by atoms with Crippen molar-refractivity contribution in [3.8, 4) is 10.8 Å². The molecule has 0 aromatic carbocycles. The van der Waals surface area contributed by atoms with Crippen molar-refractivity contribution in [2.24, 2.45) is 0 Å². The van der Waals surface area contributed by atoms with E-state index in [-0.39, 0.29) is 24.3 Å². The molecule has 1 aliphatic rings. The van der Waals surface area contributed by atoms with Crippen molar-refractivity contribution in [1.82, 2.24) is 15.2 Å². The number of likely N-dealkylation sites (tertiary alicyclic amines) is 1. The van der Waals surface area contributed by atoms with Crippen molar-refractivity contribution < 1.29 is 18.4 Å². The number of nitrogens with one attached hydrogen (secondary N) is 1. The van der Waals surface area contributed by atoms with E-state index in [0.717, 1.165) is 17.7 Å². The summed E-state index contributed by atoms with van der Waals surface area (Å²) < 4.78 is 10.7. The maximum Gasteiger partial charge on any atom is 0.257 e. The van der Waals surface area contributed by atoms with Crippen LogP contribution in [0.4, 0.5) is 0 Å². The van der Waals surface area contributed by atoms with E-state index in [2.05, 4.69) is 10.3 Å². The molecule has 0 aliphatic carbocycles. The van der Waals surface area contributed by atoms with Gasteiger partial charge in [0.05, 0.1) is 28.8 Å². The SMILES string of the molecule is Cc1oc(-c2cccs2)nc1CC(=O)NC1CCN(C(=O)c2ccoc2)CC1. The van der Waals surface area contributed by atoms with E-state index in [1.54, 1.807) is 22.3 Å². The standard InChI is InChI=1S/C20H21N3O4S/c1-13-16(22-19(27-13)17-3-2-10-28-17)11-18(24)21-15-4-7-23(8-5-15)20(25)14-6-9-26-12-14/h2-3,6,9-10,12,15H,4-5,7-8,11H2,1H3,(H,21,24). The summed E-state index contributed by atoms with van der Waals surface area (Å²) in [6.45, 7) is 3.05. The number of rotatable bonds is 5. The number of aryl methyl sites for hydroxylation is 1. The lowest BCUT2D eigenvalue weighted by molar-refractivity contribution is -0.121. The van der Waals surface area contributed by atoms with Crippen LogP contribution in [0, 0.1) is 6.92 Å². The number of piperidine rings is 1. The Bertz CT molecular complexity index is 938. The Labute approximate surface area is 166 Å². The summed E-state index contributed by atoms with van der Waals surface area (Å²) in [7, 11) is 0. The van der Waals surface area contributed by atoms with Gasteiger partial charge in [-0.15, -0.1) is 11.3 Å². The number of carbonyl (C=O) groups excluding carboxylic acids is 2. The second kappa shape index (κ2) is 8.02. The normalized spacial score (nSPS) is 15.0. The fourth-order valence-corrected chi connectivity index (χ4v) is 3.97. The quantitative estimate of drug-likeness (QED) is 0.711. The monoisotopic (exact) mass is 399 g/mol. The number of carbonyl (C=O) groups is 2. The van der Waals surface area contributed by atoms with Gasteiger partial charge in [-0.2, -0.15) is 0 Å². The van der Waals surface area contributed by atoms with Gasteiger partial charge in [-0.1, -0.05) is 6.07 Å². The third-order valence-electron chi connectivity index (χ3n) is 4.87. The molecule has 0 radical (unpaired) electrons. The van der Waals surface area contributed by atoms with Gasteiger partial charge in [-0.25, -0.2) is 4.98 Å². The van der Waals surface area contributed by atoms with Crippen molar-refractivity contribution in [2.45, 2.75) is 32.2 Å². The number of oxazole rings is 1. The first-order chi connectivity index (χ1) is 13.6. The summed E-state index contributed by atoms with van der Waals surface area (Å²) in [5.74, 6) is 1.12. The van der Waals surface area contributed by atoms with Crippen LogP contribution in [-0.4, -0.2) is 40.8 Å². The summed E-state index contributed by atoms with van der Waals surface area (Å²) in [4.78, 5) is 32.0. The van der Waals surface area contributed by atoms with Crippen LogP contribution in [0.15, 0.2) is 44.9 Å². The maximum atomic E-state index is 12.4. The lowest BCUT2D eigenvalue weighted by Crippen LogP contribution is -2.46. The first-order valence-corrected chi connectivity index (χ1v) is 10.1. The average molecular weight is 399 g/mol. The molecule has 8 heteroatoms. The van der Waals surface area contributed by atoms with Crippen LogP contribution in [0.2, 0.25) is 0 Å². The van der Waals surface area contributed by atoms with E-state index < -0.39 is 0 Å². The first-order valence-electron chi connectivity index (χ1n) is 9.21. The van der Waals surface area contributed by atoms with Crippen LogP contribution >= 0.6 is 11.3 Å². The van der Waals surface area contributed by atoms with Crippen LogP contribution in [-0.2, 0) is 11.2 Å². The molecule has 1 fully saturated rings. The number of nitrogens with zero attached hydrogens (tertiary/aromatic N) is 2. The van der Waals surface area contributed by atoms with Crippen molar-refractivity contribution in [2.75, 3.05) is 13.1 Å². The molecule has 0 spiro atoms. The van der Waals surface area contributed by atoms with Crippen LogP contribution in [0.1, 0.15) is 34.7 Å². The molecule has 1 N–H and O–H groups in total. The third kappa shape index (κ3) is 4.01. The molecule has 2 amide bonds. The van der Waals surface area contributed by atoms with Crippen molar-refractivity contribution >= 4 is 23.2 Å². The summed E-state index contributed by atoms with van der Waals surface area (Å²) >= 11 is 1.55. The molecule has 1 saturated heterocycles. The maximum absolute atomic E-state index is 12.4. The minimum atomic E-state index is -0.0752. The highest BCUT2D eigenvalue weighted by molar-refractivity contribution is 7.13. The molecule has 146 valence electrons. The molecule has 7 nitrogen and oxygen atoms in total. The molecule has 4 heterocycles. The number of furan rings is 1. The molecule has 0 unspecified atom stereocenters. The molecule has 4 rings (SSSR count). The smallest absolute Gasteiger partial charge is 0.257 e. The van der Waals surface area contributed by atoms with Gasteiger partial charge in [0.1, 0.15) is 12.0 Å². The molecular formula is C20H21N3O4S. The molecule has 1 aliphatic heterocycles. The number of aromatic nitrogens is 1. The largest absolute Gasteiger partial charge is 0.472 e. The van der Waals surface area contributed by atoms with E-state index in [0.29, 0.717) is 36.0 Å². The van der Waals surface area contributed by atoms with Crippen LogP contribution in [0.25, 0.3) is 10.8 Å². The average Bonchev–Trinajstić information content (AvgIpc) is 3.45. The predicted molar refractivity (Wildman–Crippen MR) is 104 cm³/mol. The summed E-state index contributed by atoms with van der Waals surface area (Å²) in [6, 6.07) is 5.61. The number of hydrogen-bond donors (Lipinski definition) is 1. The van der Waals surface area contributed by atoms with Crippen LogP contribution < -0.4 is 5.32 Å². The Balaban J connectivity index is 1.29. The highest BCUT2D eigenvalue weighted by Crippen LogP contribution is 2.26. The molecule has 28 heavy (non-hydrogen) atoms. The molecule has 0 bridgehead atoms. The Morgan fingerprint density at radius 2 is 2.14 bits per heavy atom. The molecule has 3 aromatic heterocycles. The van der Waals surface area contributed by atoms with Gasteiger partial charge in [-0.3, -0.25) is 9.59 Å². The fraction of sp³-hybridized carbons (Fsp3) is 0.350. The molecule has 0 atom stereocenters. The lowest BCUT2D eigenvalue weighted by atomic mass is 10.0. The lowest BCUT2D eigenvalue weighted by Gasteiger charge is -2.32. The molecule has 3 aromatic rings. The summed E-state index contributed by atoms with van der Waals surface area (Å²) in [5, 5.41) is 5.02. The highest BCUT2D eigenvalue weighted by Gasteiger charge is 2.25. The Morgan fingerprint density at radius 3 is 2.82 bits per heavy atom. The van der Waals surface area contributed by atoms with Gasteiger partial charge >= 0.3 is 0 Å². The van der Waals surface area contributed by atoms with Gasteiger partial charge in [0.2, 0.25) is 11.8 Å². The van der Waals surface area contributed by atoms with Crippen molar-refractivity contribution in [3.05, 3.63) is 53.1 Å². The van der Waals surface area contributed by atoms with E-state index >= 15 is 0 Å². The molecule has 0 saturated carbocycles. The highest BCUT2D eigenvalue weighted by atomic mass is 32.1. The number of hydrogen-bond acceptors (Lipinski definition) is 6. The second-order valence-electron chi connectivity index (χ2n) is 6.82. The van der Waals surface area contributed by atoms with Crippen molar-refractivity contribution in [3.63, 3.8) is 0 Å². The Kier molecular flexibility index (Phi) is 5.29. The number of amides is 2. The van der Waals surface area contributed by atoms with E-state index in [4.69, 9.17) is 8.83 Å². The zero-order valence-corrected chi connectivity index (χ0v) is 16.3.